The second kappa shape index (κ2) is 8.55. The predicted octanol–water partition coefficient (Wildman–Crippen LogP) is 11.5. The standard InChI is InChI=1S/C40H24O/c1-2-12-26(13-3-1)37-30-17-8-6-15-28(30)24-36-40(37)39-33(19-10-20-35(39)41-36)38-31-18-9-5-14-27(31)23-34-29-16-7-4-11-25(29)21-22-32(34)38/h1-24H/i1D,2D,3D,6D,8D,10D,12D,13D,15D,17D,19D,20D,24D. The summed E-state index contributed by atoms with van der Waals surface area (Å²) in [5.41, 5.74) is -0.540. The van der Waals surface area contributed by atoms with Gasteiger partial charge in [-0.05, 0) is 77.9 Å². The monoisotopic (exact) mass is 533 g/mol. The summed E-state index contributed by atoms with van der Waals surface area (Å²) in [6.07, 6.45) is 0. The van der Waals surface area contributed by atoms with E-state index in [-0.39, 0.29) is 49.9 Å². The van der Waals surface area contributed by atoms with Crippen molar-refractivity contribution >= 4 is 65.0 Å². The van der Waals surface area contributed by atoms with Gasteiger partial charge in [0.15, 0.2) is 0 Å². The van der Waals surface area contributed by atoms with Crippen molar-refractivity contribution in [1.29, 1.82) is 0 Å². The van der Waals surface area contributed by atoms with Crippen LogP contribution < -0.4 is 0 Å². The largest absolute Gasteiger partial charge is 0.456 e. The molecule has 0 atom stereocenters. The maximum Gasteiger partial charge on any atom is 0.136 e. The summed E-state index contributed by atoms with van der Waals surface area (Å²) in [6, 6.07) is 13.4. The molecule has 190 valence electrons. The minimum atomic E-state index is -0.696. The molecule has 0 amide bonds. The number of hydrogen-bond acceptors (Lipinski definition) is 1. The van der Waals surface area contributed by atoms with Crippen LogP contribution in [0.2, 0.25) is 0 Å². The highest BCUT2D eigenvalue weighted by molar-refractivity contribution is 6.28. The molecule has 0 saturated carbocycles. The summed E-state index contributed by atoms with van der Waals surface area (Å²) in [5.74, 6) is 0. The first-order chi connectivity index (χ1) is 25.8. The van der Waals surface area contributed by atoms with Gasteiger partial charge in [-0.2, -0.15) is 0 Å². The number of fused-ring (bicyclic) bond motifs is 8. The molecule has 0 fully saturated rings. The Kier molecular flexibility index (Phi) is 2.77. The van der Waals surface area contributed by atoms with Gasteiger partial charge in [0, 0.05) is 16.3 Å². The number of benzene rings is 8. The van der Waals surface area contributed by atoms with Gasteiger partial charge in [0.25, 0.3) is 0 Å². The minimum Gasteiger partial charge on any atom is -0.456 e. The lowest BCUT2D eigenvalue weighted by Gasteiger charge is -2.16. The molecule has 0 spiro atoms. The van der Waals surface area contributed by atoms with Crippen LogP contribution in [0.3, 0.4) is 0 Å². The summed E-state index contributed by atoms with van der Waals surface area (Å²) in [4.78, 5) is 0. The Balaban J connectivity index is 1.65. The van der Waals surface area contributed by atoms with Crippen LogP contribution in [0.5, 0.6) is 0 Å². The third-order valence-corrected chi connectivity index (χ3v) is 7.72. The van der Waals surface area contributed by atoms with Crippen LogP contribution in [-0.4, -0.2) is 0 Å². The van der Waals surface area contributed by atoms with Crippen LogP contribution in [0.4, 0.5) is 0 Å². The lowest BCUT2D eigenvalue weighted by molar-refractivity contribution is 0.669. The van der Waals surface area contributed by atoms with Crippen molar-refractivity contribution in [2.24, 2.45) is 0 Å². The third-order valence-electron chi connectivity index (χ3n) is 7.72. The number of rotatable bonds is 2. The Hall–Kier alpha value is -5.40. The fraction of sp³-hybridized carbons (Fsp3) is 0. The Morgan fingerprint density at radius 1 is 0.463 bits per heavy atom. The van der Waals surface area contributed by atoms with E-state index in [1.54, 1.807) is 0 Å². The molecule has 0 saturated heterocycles. The molecule has 1 heterocycles. The lowest BCUT2D eigenvalue weighted by Crippen LogP contribution is -1.89. The molecule has 41 heavy (non-hydrogen) atoms. The molecular weight excluding hydrogens is 496 g/mol. The van der Waals surface area contributed by atoms with Gasteiger partial charge < -0.3 is 4.42 Å². The van der Waals surface area contributed by atoms with Crippen molar-refractivity contribution < 1.29 is 22.2 Å². The van der Waals surface area contributed by atoms with Crippen molar-refractivity contribution in [3.05, 3.63) is 145 Å². The quantitative estimate of drug-likeness (QED) is 0.159. The molecule has 1 heteroatoms. The summed E-state index contributed by atoms with van der Waals surface area (Å²) in [6.45, 7) is 0. The van der Waals surface area contributed by atoms with E-state index in [0.29, 0.717) is 16.3 Å². The average Bonchev–Trinajstić information content (AvgIpc) is 3.58. The molecular formula is C40H24O. The van der Waals surface area contributed by atoms with E-state index in [0.717, 1.165) is 21.5 Å². The topological polar surface area (TPSA) is 13.1 Å². The van der Waals surface area contributed by atoms with Crippen molar-refractivity contribution in [1.82, 2.24) is 0 Å². The van der Waals surface area contributed by atoms with Crippen LogP contribution in [-0.2, 0) is 0 Å². The first-order valence-electron chi connectivity index (χ1n) is 19.6. The molecule has 9 rings (SSSR count). The maximum atomic E-state index is 9.52. The Morgan fingerprint density at radius 3 is 2.15 bits per heavy atom. The van der Waals surface area contributed by atoms with Crippen LogP contribution in [0, 0.1) is 0 Å². The zero-order chi connectivity index (χ0) is 38.2. The van der Waals surface area contributed by atoms with E-state index in [1.807, 2.05) is 66.7 Å². The molecule has 1 nitrogen and oxygen atoms in total. The SMILES string of the molecule is [2H]c1c([2H])c([2H])c(-c2c3c([2H])c([2H])c([2H])c([2H])c3c([2H])c3oc4c([2H])c([2H])c([2H])c(-c5c6ccccc6cc6c5ccc5ccccc56)c4c23)c([2H])c1[2H]. The van der Waals surface area contributed by atoms with Crippen LogP contribution in [0.1, 0.15) is 17.8 Å². The van der Waals surface area contributed by atoms with Gasteiger partial charge in [-0.1, -0.05) is 127 Å². The van der Waals surface area contributed by atoms with Gasteiger partial charge in [-0.25, -0.2) is 0 Å². The predicted molar refractivity (Wildman–Crippen MR) is 175 cm³/mol. The van der Waals surface area contributed by atoms with Crippen LogP contribution in [0.15, 0.2) is 150 Å². The molecule has 0 aliphatic carbocycles. The van der Waals surface area contributed by atoms with Crippen molar-refractivity contribution in [2.75, 3.05) is 0 Å². The van der Waals surface area contributed by atoms with Crippen LogP contribution in [0.25, 0.3) is 87.3 Å². The summed E-state index contributed by atoms with van der Waals surface area (Å²) < 4.78 is 122. The first-order valence-corrected chi connectivity index (χ1v) is 13.1. The summed E-state index contributed by atoms with van der Waals surface area (Å²) in [7, 11) is 0. The molecule has 0 aliphatic rings. The van der Waals surface area contributed by atoms with Crippen LogP contribution >= 0.6 is 0 Å². The smallest absolute Gasteiger partial charge is 0.136 e. The maximum absolute atomic E-state index is 9.52. The Morgan fingerprint density at radius 2 is 1.24 bits per heavy atom. The fourth-order valence-corrected chi connectivity index (χ4v) is 6.03. The normalized spacial score (nSPS) is 16.3. The van der Waals surface area contributed by atoms with Gasteiger partial charge in [0.1, 0.15) is 11.2 Å². The Bertz CT molecular complexity index is 3170. The zero-order valence-corrected chi connectivity index (χ0v) is 21.3. The molecule has 0 bridgehead atoms. The highest BCUT2D eigenvalue weighted by Gasteiger charge is 2.21. The van der Waals surface area contributed by atoms with Gasteiger partial charge in [0.05, 0.1) is 17.8 Å². The van der Waals surface area contributed by atoms with E-state index in [1.165, 1.54) is 0 Å². The fourth-order valence-electron chi connectivity index (χ4n) is 6.03. The van der Waals surface area contributed by atoms with Gasteiger partial charge in [-0.3, -0.25) is 0 Å². The van der Waals surface area contributed by atoms with E-state index in [4.69, 9.17) is 19.5 Å². The van der Waals surface area contributed by atoms with Crippen molar-refractivity contribution in [2.45, 2.75) is 0 Å². The second-order valence-electron chi connectivity index (χ2n) is 9.86. The third kappa shape index (κ3) is 3.24. The summed E-state index contributed by atoms with van der Waals surface area (Å²) in [5, 5.41) is 4.22. The van der Waals surface area contributed by atoms with Gasteiger partial charge >= 0.3 is 0 Å². The highest BCUT2D eigenvalue weighted by Crippen LogP contribution is 2.48. The second-order valence-corrected chi connectivity index (χ2v) is 9.86. The molecule has 0 N–H and O–H groups in total. The lowest BCUT2D eigenvalue weighted by atomic mass is 9.86. The molecule has 0 radical (unpaired) electrons. The minimum absolute atomic E-state index is 0.0337. The molecule has 0 aliphatic heterocycles. The molecule has 1 aromatic heterocycles. The highest BCUT2D eigenvalue weighted by atomic mass is 16.3. The molecule has 8 aromatic carbocycles. The van der Waals surface area contributed by atoms with E-state index in [9.17, 15) is 2.74 Å². The van der Waals surface area contributed by atoms with Gasteiger partial charge in [0.2, 0.25) is 0 Å². The Labute approximate surface area is 255 Å². The van der Waals surface area contributed by atoms with Crippen molar-refractivity contribution in [3.8, 4) is 22.3 Å². The van der Waals surface area contributed by atoms with Crippen molar-refractivity contribution in [3.63, 3.8) is 0 Å². The van der Waals surface area contributed by atoms with E-state index < -0.39 is 78.1 Å². The average molecular weight is 534 g/mol. The van der Waals surface area contributed by atoms with E-state index in [2.05, 4.69) is 0 Å². The van der Waals surface area contributed by atoms with E-state index >= 15 is 0 Å². The summed E-state index contributed by atoms with van der Waals surface area (Å²) >= 11 is 0. The first kappa shape index (κ1) is 13.3. The zero-order valence-electron chi connectivity index (χ0n) is 34.3. The molecule has 0 unspecified atom stereocenters. The molecule has 9 aromatic rings. The van der Waals surface area contributed by atoms with Gasteiger partial charge in [-0.15, -0.1) is 0 Å². The number of hydrogen-bond donors (Lipinski definition) is 0. The number of furan rings is 1.